The maximum Gasteiger partial charge on any atom is 0.333 e. The van der Waals surface area contributed by atoms with Crippen molar-refractivity contribution < 1.29 is 23.1 Å². The Kier molecular flexibility index (Phi) is 8.49. The van der Waals surface area contributed by atoms with Gasteiger partial charge in [0.15, 0.2) is 0 Å². The van der Waals surface area contributed by atoms with Crippen LogP contribution in [-0.2, 0) is 0 Å². The number of hydrogen-bond acceptors (Lipinski definition) is 7. The van der Waals surface area contributed by atoms with Crippen LogP contribution in [0.3, 0.4) is 0 Å². The van der Waals surface area contributed by atoms with Crippen LogP contribution in [0, 0.1) is 5.82 Å². The zero-order valence-corrected chi connectivity index (χ0v) is 26.4. The van der Waals surface area contributed by atoms with E-state index in [9.17, 15) is 23.1 Å². The first-order chi connectivity index (χ1) is 22.2. The van der Waals surface area contributed by atoms with Crippen molar-refractivity contribution in [2.45, 2.75) is 68.0 Å². The minimum Gasteiger partial charge on any atom is -0.383 e. The van der Waals surface area contributed by atoms with E-state index in [2.05, 4.69) is 26.4 Å². The number of allylic oxidation sites excluding steroid dienone is 2. The van der Waals surface area contributed by atoms with Gasteiger partial charge in [0.25, 0.3) is 0 Å². The number of thioether (sulfide) groups is 1. The molecule has 2 fully saturated rings. The predicted molar refractivity (Wildman–Crippen MR) is 172 cm³/mol. The van der Waals surface area contributed by atoms with Gasteiger partial charge in [0.2, 0.25) is 0 Å². The summed E-state index contributed by atoms with van der Waals surface area (Å²) >= 11 is 8.21. The Morgan fingerprint density at radius 1 is 1.20 bits per heavy atom. The minimum absolute atomic E-state index is 0.00266. The highest BCUT2D eigenvalue weighted by Crippen LogP contribution is 2.47. The number of benzene rings is 1. The minimum atomic E-state index is -2.83. The van der Waals surface area contributed by atoms with Crippen LogP contribution in [0.15, 0.2) is 69.4 Å². The average Bonchev–Trinajstić information content (AvgIpc) is 3.83. The van der Waals surface area contributed by atoms with Gasteiger partial charge in [-0.2, -0.15) is 13.9 Å². The molecule has 7 rings (SSSR count). The molecule has 0 saturated carbocycles. The Balaban J connectivity index is 1.18. The van der Waals surface area contributed by atoms with Crippen LogP contribution < -0.4 is 5.32 Å². The molecule has 1 aromatic carbocycles. The van der Waals surface area contributed by atoms with Crippen LogP contribution in [0.2, 0.25) is 5.02 Å². The summed E-state index contributed by atoms with van der Waals surface area (Å²) in [5, 5.41) is 20.8. The number of nitrogens with zero attached hydrogens (tertiary/aromatic N) is 6. The molecule has 242 valence electrons. The number of fused-ring (bicyclic) bond motifs is 1. The summed E-state index contributed by atoms with van der Waals surface area (Å²) < 4.78 is 42.0. The third-order valence-electron chi connectivity index (χ3n) is 9.16. The molecule has 5 aliphatic heterocycles. The van der Waals surface area contributed by atoms with Gasteiger partial charge in [-0.15, -0.1) is 11.8 Å². The summed E-state index contributed by atoms with van der Waals surface area (Å²) in [4.78, 5) is 26.9. The van der Waals surface area contributed by atoms with E-state index in [1.807, 2.05) is 17.7 Å². The molecule has 0 bridgehead atoms. The molecule has 46 heavy (non-hydrogen) atoms. The molecule has 2 aromatic rings. The summed E-state index contributed by atoms with van der Waals surface area (Å²) in [5.74, 6) is 0.290. The number of nitrogens with one attached hydrogen (secondary N) is 1. The zero-order valence-electron chi connectivity index (χ0n) is 24.8. The molecule has 0 radical (unpaired) electrons. The molecule has 0 aliphatic carbocycles. The van der Waals surface area contributed by atoms with Gasteiger partial charge in [0.05, 0.1) is 22.7 Å². The van der Waals surface area contributed by atoms with Crippen molar-refractivity contribution in [1.82, 2.24) is 24.9 Å². The van der Waals surface area contributed by atoms with Crippen LogP contribution in [-0.4, -0.2) is 79.3 Å². The summed E-state index contributed by atoms with van der Waals surface area (Å²) in [6, 6.07) is 4.36. The van der Waals surface area contributed by atoms with Crippen LogP contribution in [0.1, 0.15) is 62.4 Å². The summed E-state index contributed by atoms with van der Waals surface area (Å²) in [6.45, 7) is -1.63. The number of aliphatic imine (C=N–C) groups is 2. The van der Waals surface area contributed by atoms with Gasteiger partial charge in [-0.1, -0.05) is 29.8 Å². The molecule has 5 aliphatic rings. The number of hydrogen-bond donors (Lipinski definition) is 2. The van der Waals surface area contributed by atoms with Crippen molar-refractivity contribution in [2.75, 3.05) is 19.6 Å². The Hall–Kier alpha value is -3.55. The van der Waals surface area contributed by atoms with Crippen molar-refractivity contribution in [2.24, 2.45) is 9.98 Å². The number of urea groups is 1. The third kappa shape index (κ3) is 5.88. The first-order valence-corrected chi connectivity index (χ1v) is 16.7. The first kappa shape index (κ1) is 31.1. The van der Waals surface area contributed by atoms with E-state index in [1.54, 1.807) is 22.7 Å². The number of halogens is 4. The number of aromatic nitrogens is 2. The molecule has 1 aromatic heterocycles. The molecule has 2 saturated heterocycles. The second-order valence-electron chi connectivity index (χ2n) is 12.1. The number of amidine groups is 1. The highest BCUT2D eigenvalue weighted by Gasteiger charge is 2.43. The largest absolute Gasteiger partial charge is 0.383 e. The molecule has 2 N–H and O–H groups in total. The van der Waals surface area contributed by atoms with Gasteiger partial charge in [-0.25, -0.2) is 13.9 Å². The van der Waals surface area contributed by atoms with E-state index in [0.29, 0.717) is 66.1 Å². The summed E-state index contributed by atoms with van der Waals surface area (Å²) in [5.41, 5.74) is 1.89. The highest BCUT2D eigenvalue weighted by molar-refractivity contribution is 8.03. The second kappa shape index (κ2) is 12.6. The summed E-state index contributed by atoms with van der Waals surface area (Å²) in [7, 11) is 0. The van der Waals surface area contributed by atoms with Crippen molar-refractivity contribution in [1.29, 1.82) is 0 Å². The van der Waals surface area contributed by atoms with Crippen molar-refractivity contribution >= 4 is 47.0 Å². The number of likely N-dealkylation sites (tertiary alicyclic amines) is 1. The lowest BCUT2D eigenvalue weighted by molar-refractivity contribution is 0.0179. The maximum absolute atomic E-state index is 14.1. The number of rotatable bonds is 6. The fraction of sp³-hybridized carbons (Fsp3) is 0.438. The van der Waals surface area contributed by atoms with Crippen LogP contribution in [0.5, 0.6) is 0 Å². The van der Waals surface area contributed by atoms with E-state index in [-0.39, 0.29) is 22.3 Å². The number of piperidine rings is 1. The predicted octanol–water partition coefficient (Wildman–Crippen LogP) is 6.31. The number of amides is 2. The highest BCUT2D eigenvalue weighted by atomic mass is 35.5. The van der Waals surface area contributed by atoms with Crippen LogP contribution >= 0.6 is 23.4 Å². The Labute approximate surface area is 273 Å². The monoisotopic (exact) mass is 671 g/mol. The Morgan fingerprint density at radius 3 is 2.70 bits per heavy atom. The topological polar surface area (TPSA) is 98.4 Å². The lowest BCUT2D eigenvalue weighted by atomic mass is 9.87. The SMILES string of the molecule is O=C(N[C@H]1CC2=C(c3ccn(C(F)F)n3)[C@H](c3ccc(F)cc3Cl)N=C(C3CC=CS3)N2C1)N1CCC(O)(C2=CCCC=N2)CC1. The normalized spacial score (nSPS) is 25.7. The van der Waals surface area contributed by atoms with E-state index < -0.39 is 24.0 Å². The van der Waals surface area contributed by atoms with Gasteiger partial charge in [0, 0.05) is 60.3 Å². The summed E-state index contributed by atoms with van der Waals surface area (Å²) in [6.07, 6.45) is 10.7. The van der Waals surface area contributed by atoms with Gasteiger partial charge >= 0.3 is 12.6 Å². The Morgan fingerprint density at radius 2 is 2.02 bits per heavy atom. The lowest BCUT2D eigenvalue weighted by Crippen LogP contribution is -2.52. The fourth-order valence-corrected chi connectivity index (χ4v) is 8.02. The Bertz CT molecular complexity index is 1670. The van der Waals surface area contributed by atoms with E-state index in [0.717, 1.165) is 30.8 Å². The maximum atomic E-state index is 14.1. The van der Waals surface area contributed by atoms with Crippen LogP contribution in [0.25, 0.3) is 5.57 Å². The molecule has 1 unspecified atom stereocenters. The molecule has 3 atom stereocenters. The van der Waals surface area contributed by atoms with E-state index in [4.69, 9.17) is 16.6 Å². The second-order valence-corrected chi connectivity index (χ2v) is 13.6. The first-order valence-electron chi connectivity index (χ1n) is 15.4. The van der Waals surface area contributed by atoms with Gasteiger partial charge < -0.3 is 20.2 Å². The molecular formula is C32H33ClF3N7O2S. The smallest absolute Gasteiger partial charge is 0.333 e. The molecule has 6 heterocycles. The van der Waals surface area contributed by atoms with Crippen molar-refractivity contribution in [3.8, 4) is 0 Å². The number of carbonyl (C=O) groups is 1. The molecule has 9 nitrogen and oxygen atoms in total. The number of alkyl halides is 2. The number of aliphatic hydroxyl groups is 1. The van der Waals surface area contributed by atoms with Gasteiger partial charge in [0.1, 0.15) is 23.3 Å². The standard InChI is InChI=1S/C32H33ClF3N7O2S/c33-22-16-19(34)6-7-21(22)28-27(23-8-12-43(40-23)30(35)36)24-17-20(18-42(24)29(39-28)25-4-3-15-46-25)38-31(44)41-13-9-32(45,10-14-41)26-5-1-2-11-37-26/h3,5-8,11-12,15-16,20,25,28,30,45H,1-2,4,9-10,13-14,17-18H2,(H,38,44)/t20-,25?,28-/m0/s1. The van der Waals surface area contributed by atoms with Crippen LogP contribution in [0.4, 0.5) is 18.0 Å². The lowest BCUT2D eigenvalue weighted by Gasteiger charge is -2.39. The van der Waals surface area contributed by atoms with Crippen molar-refractivity contribution in [3.05, 3.63) is 81.5 Å². The van der Waals surface area contributed by atoms with E-state index >= 15 is 0 Å². The fourth-order valence-electron chi connectivity index (χ4n) is 6.80. The number of carbonyl (C=O) groups excluding carboxylic acids is 1. The average molecular weight is 672 g/mol. The van der Waals surface area contributed by atoms with E-state index in [1.165, 1.54) is 24.4 Å². The van der Waals surface area contributed by atoms with Gasteiger partial charge in [-0.05, 0) is 55.7 Å². The molecular weight excluding hydrogens is 639 g/mol. The third-order valence-corrected chi connectivity index (χ3v) is 10.6. The molecule has 0 spiro atoms. The molecule has 2 amide bonds. The molecule has 14 heteroatoms. The zero-order chi connectivity index (χ0) is 32.0. The quantitative estimate of drug-likeness (QED) is 0.375. The van der Waals surface area contributed by atoms with Crippen molar-refractivity contribution in [3.63, 3.8) is 0 Å². The van der Waals surface area contributed by atoms with Gasteiger partial charge in [-0.3, -0.25) is 9.98 Å².